The molecule has 15 heavy (non-hydrogen) atoms. The molecule has 2 atom stereocenters. The maximum absolute atomic E-state index is 13.5. The average Bonchev–Trinajstić information content (AvgIpc) is 2.28. The van der Waals surface area contributed by atoms with Gasteiger partial charge in [-0.25, -0.2) is 4.39 Å². The van der Waals surface area contributed by atoms with Gasteiger partial charge in [-0.2, -0.15) is 0 Å². The van der Waals surface area contributed by atoms with Crippen molar-refractivity contribution in [2.75, 3.05) is 7.11 Å². The molecular weight excluding hydrogens is 193 g/mol. The summed E-state index contributed by atoms with van der Waals surface area (Å²) in [5.74, 6) is -0.276. The predicted molar refractivity (Wildman–Crippen MR) is 59.0 cm³/mol. The van der Waals surface area contributed by atoms with E-state index in [1.807, 2.05) is 13.8 Å². The Labute approximate surface area is 90.2 Å². The van der Waals surface area contributed by atoms with Gasteiger partial charge < -0.3 is 10.5 Å². The minimum atomic E-state index is -0.526. The first kappa shape index (κ1) is 12.1. The van der Waals surface area contributed by atoms with Crippen LogP contribution in [0.5, 0.6) is 0 Å². The third kappa shape index (κ3) is 2.36. The van der Waals surface area contributed by atoms with E-state index in [9.17, 15) is 4.39 Å². The highest BCUT2D eigenvalue weighted by molar-refractivity contribution is 5.23. The molecule has 0 spiro atoms. The Morgan fingerprint density at radius 1 is 1.47 bits per heavy atom. The number of benzene rings is 1. The van der Waals surface area contributed by atoms with Gasteiger partial charge in [-0.15, -0.1) is 0 Å². The second-order valence-corrected chi connectivity index (χ2v) is 3.87. The minimum absolute atomic E-state index is 0.276. The van der Waals surface area contributed by atoms with Crippen LogP contribution in [0, 0.1) is 5.82 Å². The molecular formula is C12H18FNO. The number of ether oxygens (including phenoxy) is 1. The quantitative estimate of drug-likeness (QED) is 0.831. The molecule has 0 heterocycles. The molecule has 2 nitrogen and oxygen atoms in total. The summed E-state index contributed by atoms with van der Waals surface area (Å²) in [7, 11) is 1.60. The second kappa shape index (κ2) is 4.73. The van der Waals surface area contributed by atoms with Gasteiger partial charge in [-0.3, -0.25) is 0 Å². The van der Waals surface area contributed by atoms with E-state index in [4.69, 9.17) is 10.5 Å². The number of rotatable bonds is 4. The van der Waals surface area contributed by atoms with Gasteiger partial charge in [-0.05, 0) is 19.4 Å². The summed E-state index contributed by atoms with van der Waals surface area (Å²) >= 11 is 0. The summed E-state index contributed by atoms with van der Waals surface area (Å²) in [6, 6.07) is 6.10. The largest absolute Gasteiger partial charge is 0.377 e. The van der Waals surface area contributed by atoms with Gasteiger partial charge in [0.25, 0.3) is 0 Å². The highest BCUT2D eigenvalue weighted by atomic mass is 19.1. The molecule has 0 saturated carbocycles. The van der Waals surface area contributed by atoms with Crippen LogP contribution in [0.3, 0.4) is 0 Å². The molecule has 0 amide bonds. The van der Waals surface area contributed by atoms with Crippen LogP contribution in [0.15, 0.2) is 24.3 Å². The molecule has 2 unspecified atom stereocenters. The molecule has 2 N–H and O–H groups in total. The molecule has 0 aliphatic rings. The Kier molecular flexibility index (Phi) is 3.83. The lowest BCUT2D eigenvalue weighted by molar-refractivity contribution is -0.0202. The van der Waals surface area contributed by atoms with Crippen molar-refractivity contribution in [2.45, 2.75) is 31.9 Å². The van der Waals surface area contributed by atoms with E-state index in [1.54, 1.807) is 25.3 Å². The fourth-order valence-electron chi connectivity index (χ4n) is 1.55. The minimum Gasteiger partial charge on any atom is -0.377 e. The van der Waals surface area contributed by atoms with Crippen LogP contribution in [0.1, 0.15) is 31.9 Å². The summed E-state index contributed by atoms with van der Waals surface area (Å²) in [5, 5.41) is 0. The van der Waals surface area contributed by atoms with Gasteiger partial charge in [0.2, 0.25) is 0 Å². The Morgan fingerprint density at radius 3 is 2.53 bits per heavy atom. The lowest BCUT2D eigenvalue weighted by atomic mass is 9.88. The van der Waals surface area contributed by atoms with E-state index >= 15 is 0 Å². The van der Waals surface area contributed by atoms with Crippen molar-refractivity contribution in [2.24, 2.45) is 5.73 Å². The van der Waals surface area contributed by atoms with Gasteiger partial charge >= 0.3 is 0 Å². The summed E-state index contributed by atoms with van der Waals surface area (Å²) in [6.07, 6.45) is 0.735. The van der Waals surface area contributed by atoms with Crippen LogP contribution in [0.4, 0.5) is 4.39 Å². The van der Waals surface area contributed by atoms with Gasteiger partial charge in [0, 0.05) is 12.7 Å². The molecule has 0 fully saturated rings. The van der Waals surface area contributed by atoms with E-state index in [2.05, 4.69) is 0 Å². The molecule has 0 saturated heterocycles. The van der Waals surface area contributed by atoms with E-state index in [0.29, 0.717) is 5.56 Å². The van der Waals surface area contributed by atoms with Gasteiger partial charge in [0.1, 0.15) is 5.82 Å². The maximum Gasteiger partial charge on any atom is 0.128 e. The van der Waals surface area contributed by atoms with Crippen molar-refractivity contribution in [3.63, 3.8) is 0 Å². The fourth-order valence-corrected chi connectivity index (χ4v) is 1.55. The van der Waals surface area contributed by atoms with Crippen LogP contribution in [-0.4, -0.2) is 12.7 Å². The number of hydrogen-bond acceptors (Lipinski definition) is 2. The summed E-state index contributed by atoms with van der Waals surface area (Å²) < 4.78 is 18.9. The third-order valence-electron chi connectivity index (χ3n) is 3.07. The van der Waals surface area contributed by atoms with Crippen LogP contribution in [0.25, 0.3) is 0 Å². The van der Waals surface area contributed by atoms with E-state index in [-0.39, 0.29) is 5.82 Å². The Bertz CT molecular complexity index is 323. The maximum atomic E-state index is 13.5. The van der Waals surface area contributed by atoms with Crippen molar-refractivity contribution in [1.82, 2.24) is 0 Å². The normalized spacial score (nSPS) is 17.1. The lowest BCUT2D eigenvalue weighted by Gasteiger charge is -2.33. The molecule has 1 rings (SSSR count). The number of halogens is 1. The zero-order chi connectivity index (χ0) is 11.5. The summed E-state index contributed by atoms with van der Waals surface area (Å²) in [4.78, 5) is 0. The number of nitrogens with two attached hydrogens (primary N) is 1. The summed E-state index contributed by atoms with van der Waals surface area (Å²) in [6.45, 7) is 3.87. The first-order chi connectivity index (χ1) is 7.05. The number of methoxy groups -OCH3 is 1. The van der Waals surface area contributed by atoms with Crippen LogP contribution in [0.2, 0.25) is 0 Å². The molecule has 1 aromatic rings. The van der Waals surface area contributed by atoms with E-state index in [0.717, 1.165) is 6.42 Å². The van der Waals surface area contributed by atoms with E-state index < -0.39 is 11.6 Å². The van der Waals surface area contributed by atoms with Gasteiger partial charge in [-0.1, -0.05) is 25.1 Å². The highest BCUT2D eigenvalue weighted by Gasteiger charge is 2.32. The Hall–Kier alpha value is -0.930. The second-order valence-electron chi connectivity index (χ2n) is 3.87. The summed E-state index contributed by atoms with van der Waals surface area (Å²) in [5.41, 5.74) is 6.01. The molecule has 0 aliphatic heterocycles. The number of hydrogen-bond donors (Lipinski definition) is 1. The van der Waals surface area contributed by atoms with Gasteiger partial charge in [0.05, 0.1) is 11.6 Å². The SMILES string of the molecule is CCC(C)(OC)C(N)c1ccccc1F. The van der Waals surface area contributed by atoms with Crippen LogP contribution in [-0.2, 0) is 4.74 Å². The average molecular weight is 211 g/mol. The highest BCUT2D eigenvalue weighted by Crippen LogP contribution is 2.30. The molecule has 0 radical (unpaired) electrons. The first-order valence-electron chi connectivity index (χ1n) is 5.10. The van der Waals surface area contributed by atoms with Crippen molar-refractivity contribution in [3.8, 4) is 0 Å². The lowest BCUT2D eigenvalue weighted by Crippen LogP contribution is -2.40. The smallest absolute Gasteiger partial charge is 0.128 e. The third-order valence-corrected chi connectivity index (χ3v) is 3.07. The Morgan fingerprint density at radius 2 is 2.07 bits per heavy atom. The molecule has 0 aromatic heterocycles. The van der Waals surface area contributed by atoms with Crippen molar-refractivity contribution >= 4 is 0 Å². The zero-order valence-corrected chi connectivity index (χ0v) is 9.46. The fraction of sp³-hybridized carbons (Fsp3) is 0.500. The topological polar surface area (TPSA) is 35.2 Å². The standard InChI is InChI=1S/C12H18FNO/c1-4-12(2,15-3)11(14)9-7-5-6-8-10(9)13/h5-8,11H,4,14H2,1-3H3. The predicted octanol–water partition coefficient (Wildman–Crippen LogP) is 2.64. The Balaban J connectivity index is 3.03. The first-order valence-corrected chi connectivity index (χ1v) is 5.10. The molecule has 0 bridgehead atoms. The van der Waals surface area contributed by atoms with Crippen LogP contribution >= 0.6 is 0 Å². The van der Waals surface area contributed by atoms with Crippen LogP contribution < -0.4 is 5.73 Å². The van der Waals surface area contributed by atoms with Crippen molar-refractivity contribution in [3.05, 3.63) is 35.6 Å². The molecule has 84 valence electrons. The van der Waals surface area contributed by atoms with Gasteiger partial charge in [0.15, 0.2) is 0 Å². The molecule has 3 heteroatoms. The molecule has 1 aromatic carbocycles. The zero-order valence-electron chi connectivity index (χ0n) is 9.46. The van der Waals surface area contributed by atoms with E-state index in [1.165, 1.54) is 6.07 Å². The molecule has 0 aliphatic carbocycles. The van der Waals surface area contributed by atoms with Crippen molar-refractivity contribution < 1.29 is 9.13 Å². The monoisotopic (exact) mass is 211 g/mol. The van der Waals surface area contributed by atoms with Crippen molar-refractivity contribution in [1.29, 1.82) is 0 Å².